The van der Waals surface area contributed by atoms with Crippen LogP contribution in [0.25, 0.3) is 0 Å². The van der Waals surface area contributed by atoms with Crippen molar-refractivity contribution in [2.75, 3.05) is 25.1 Å². The molecular weight excluding hydrogens is 284 g/mol. The Labute approximate surface area is 128 Å². The molecule has 0 radical (unpaired) electrons. The molecule has 0 spiro atoms. The first kappa shape index (κ1) is 15.8. The Hall–Kier alpha value is -2.60. The van der Waals surface area contributed by atoms with Crippen LogP contribution in [0.3, 0.4) is 0 Å². The minimum absolute atomic E-state index is 0.0339. The Morgan fingerprint density at radius 1 is 1.23 bits per heavy atom. The van der Waals surface area contributed by atoms with E-state index in [-0.39, 0.29) is 12.3 Å². The van der Waals surface area contributed by atoms with Gasteiger partial charge in [-0.1, -0.05) is 24.3 Å². The van der Waals surface area contributed by atoms with Gasteiger partial charge in [0.05, 0.1) is 11.0 Å². The fourth-order valence-electron chi connectivity index (χ4n) is 2.04. The van der Waals surface area contributed by atoms with Crippen molar-refractivity contribution in [1.29, 1.82) is 0 Å². The molecule has 116 valence electrons. The second-order valence-corrected chi connectivity index (χ2v) is 4.94. The molecule has 0 heterocycles. The number of hydrogen-bond acceptors (Lipinski definition) is 5. The highest BCUT2D eigenvalue weighted by Gasteiger charge is 2.11. The van der Waals surface area contributed by atoms with Crippen LogP contribution in [0.4, 0.5) is 11.4 Å². The summed E-state index contributed by atoms with van der Waals surface area (Å²) in [7, 11) is 1.88. The molecule has 22 heavy (non-hydrogen) atoms. The number of ether oxygens (including phenoxy) is 1. The number of nitrogens with zero attached hydrogens (tertiary/aromatic N) is 2. The molecule has 0 aliphatic carbocycles. The van der Waals surface area contributed by atoms with Crippen molar-refractivity contribution in [3.8, 4) is 5.75 Å². The molecule has 0 saturated carbocycles. The van der Waals surface area contributed by atoms with E-state index in [1.807, 2.05) is 42.3 Å². The standard InChI is InChI=1S/C16H18N2O4/c1-17(13-6-3-2-4-7-13)11-15(19)12-22-16-9-5-8-14(10-16)18(20)21/h2-10,15,19H,11-12H2,1H3/t15-/m0/s1. The molecule has 0 aromatic heterocycles. The van der Waals surface area contributed by atoms with Crippen molar-refractivity contribution >= 4 is 11.4 Å². The number of rotatable bonds is 7. The third-order valence-electron chi connectivity index (χ3n) is 3.15. The van der Waals surface area contributed by atoms with E-state index < -0.39 is 11.0 Å². The molecule has 0 unspecified atom stereocenters. The van der Waals surface area contributed by atoms with Gasteiger partial charge in [0.2, 0.25) is 0 Å². The van der Waals surface area contributed by atoms with Gasteiger partial charge in [-0.3, -0.25) is 10.1 Å². The summed E-state index contributed by atoms with van der Waals surface area (Å²) in [5.41, 5.74) is 0.963. The van der Waals surface area contributed by atoms with E-state index in [1.54, 1.807) is 12.1 Å². The van der Waals surface area contributed by atoms with E-state index in [2.05, 4.69) is 0 Å². The van der Waals surface area contributed by atoms with Crippen molar-refractivity contribution in [1.82, 2.24) is 0 Å². The summed E-state index contributed by atoms with van der Waals surface area (Å²) in [6.45, 7) is 0.470. The second kappa shape index (κ2) is 7.42. The van der Waals surface area contributed by atoms with Gasteiger partial charge in [-0.25, -0.2) is 0 Å². The second-order valence-electron chi connectivity index (χ2n) is 4.94. The van der Waals surface area contributed by atoms with Gasteiger partial charge in [-0.15, -0.1) is 0 Å². The third-order valence-corrected chi connectivity index (χ3v) is 3.15. The van der Waals surface area contributed by atoms with Gasteiger partial charge in [-0.2, -0.15) is 0 Å². The maximum absolute atomic E-state index is 10.7. The van der Waals surface area contributed by atoms with Gasteiger partial charge < -0.3 is 14.7 Å². The Kier molecular flexibility index (Phi) is 5.32. The quantitative estimate of drug-likeness (QED) is 0.628. The van der Waals surface area contributed by atoms with Crippen LogP contribution in [0, 0.1) is 10.1 Å². The molecule has 0 amide bonds. The predicted molar refractivity (Wildman–Crippen MR) is 84.3 cm³/mol. The van der Waals surface area contributed by atoms with Crippen LogP contribution in [0.5, 0.6) is 5.75 Å². The first-order valence-electron chi connectivity index (χ1n) is 6.88. The van der Waals surface area contributed by atoms with E-state index in [1.165, 1.54) is 12.1 Å². The molecule has 2 aromatic carbocycles. The van der Waals surface area contributed by atoms with Crippen LogP contribution < -0.4 is 9.64 Å². The SMILES string of the molecule is CN(C[C@H](O)COc1cccc([N+](=O)[O-])c1)c1ccccc1. The van der Waals surface area contributed by atoms with Gasteiger partial charge >= 0.3 is 0 Å². The van der Waals surface area contributed by atoms with Crippen LogP contribution >= 0.6 is 0 Å². The monoisotopic (exact) mass is 302 g/mol. The molecule has 0 fully saturated rings. The number of hydrogen-bond donors (Lipinski definition) is 1. The lowest BCUT2D eigenvalue weighted by Crippen LogP contribution is -2.33. The smallest absolute Gasteiger partial charge is 0.273 e. The van der Waals surface area contributed by atoms with Crippen LogP contribution in [-0.4, -0.2) is 36.3 Å². The Morgan fingerprint density at radius 2 is 1.95 bits per heavy atom. The van der Waals surface area contributed by atoms with Crippen molar-refractivity contribution in [3.63, 3.8) is 0 Å². The lowest BCUT2D eigenvalue weighted by atomic mass is 10.2. The minimum atomic E-state index is -0.704. The maximum atomic E-state index is 10.7. The molecule has 0 bridgehead atoms. The van der Waals surface area contributed by atoms with Crippen molar-refractivity contribution in [2.24, 2.45) is 0 Å². The zero-order valence-corrected chi connectivity index (χ0v) is 12.3. The van der Waals surface area contributed by atoms with E-state index in [9.17, 15) is 15.2 Å². The third kappa shape index (κ3) is 4.46. The van der Waals surface area contributed by atoms with E-state index in [0.29, 0.717) is 12.3 Å². The summed E-state index contributed by atoms with van der Waals surface area (Å²) in [4.78, 5) is 12.1. The molecular formula is C16H18N2O4. The first-order chi connectivity index (χ1) is 10.6. The largest absolute Gasteiger partial charge is 0.491 e. The van der Waals surface area contributed by atoms with Crippen molar-refractivity contribution in [2.45, 2.75) is 6.10 Å². The molecule has 1 atom stereocenters. The molecule has 6 heteroatoms. The fraction of sp³-hybridized carbons (Fsp3) is 0.250. The van der Waals surface area contributed by atoms with Crippen LogP contribution in [0.15, 0.2) is 54.6 Å². The molecule has 2 rings (SSSR count). The average molecular weight is 302 g/mol. The van der Waals surface area contributed by atoms with Gasteiger partial charge in [-0.05, 0) is 18.2 Å². The van der Waals surface area contributed by atoms with Crippen LogP contribution in [-0.2, 0) is 0 Å². The van der Waals surface area contributed by atoms with Crippen molar-refractivity contribution in [3.05, 3.63) is 64.7 Å². The Morgan fingerprint density at radius 3 is 2.64 bits per heavy atom. The molecule has 2 aromatic rings. The maximum Gasteiger partial charge on any atom is 0.273 e. The highest BCUT2D eigenvalue weighted by molar-refractivity contribution is 5.45. The number of anilines is 1. The summed E-state index contributed by atoms with van der Waals surface area (Å²) >= 11 is 0. The number of non-ortho nitro benzene ring substituents is 1. The summed E-state index contributed by atoms with van der Waals surface area (Å²) in [5.74, 6) is 0.371. The number of likely N-dealkylation sites (N-methyl/N-ethyl adjacent to an activating group) is 1. The van der Waals surface area contributed by atoms with Crippen molar-refractivity contribution < 1.29 is 14.8 Å². The average Bonchev–Trinajstić information content (AvgIpc) is 2.54. The molecule has 0 aliphatic rings. The fourth-order valence-corrected chi connectivity index (χ4v) is 2.04. The van der Waals surface area contributed by atoms with Gasteiger partial charge in [0.25, 0.3) is 5.69 Å². The topological polar surface area (TPSA) is 75.8 Å². The highest BCUT2D eigenvalue weighted by Crippen LogP contribution is 2.19. The van der Waals surface area contributed by atoms with Crippen LogP contribution in [0.2, 0.25) is 0 Å². The van der Waals surface area contributed by atoms with Gasteiger partial charge in [0.15, 0.2) is 0 Å². The normalized spacial score (nSPS) is 11.7. The number of aliphatic hydroxyl groups is 1. The van der Waals surface area contributed by atoms with E-state index in [4.69, 9.17) is 4.74 Å². The van der Waals surface area contributed by atoms with E-state index in [0.717, 1.165) is 5.69 Å². The summed E-state index contributed by atoms with van der Waals surface area (Å²) in [6.07, 6.45) is -0.704. The van der Waals surface area contributed by atoms with Gasteiger partial charge in [0.1, 0.15) is 18.5 Å². The summed E-state index contributed by atoms with van der Waals surface area (Å²) in [5, 5.41) is 20.7. The minimum Gasteiger partial charge on any atom is -0.491 e. The zero-order valence-electron chi connectivity index (χ0n) is 12.3. The molecule has 6 nitrogen and oxygen atoms in total. The van der Waals surface area contributed by atoms with Gasteiger partial charge in [0, 0.05) is 25.3 Å². The number of benzene rings is 2. The predicted octanol–water partition coefficient (Wildman–Crippen LogP) is 2.47. The first-order valence-corrected chi connectivity index (χ1v) is 6.88. The molecule has 1 N–H and O–H groups in total. The summed E-state index contributed by atoms with van der Waals surface area (Å²) in [6, 6.07) is 15.6. The molecule has 0 saturated heterocycles. The highest BCUT2D eigenvalue weighted by atomic mass is 16.6. The van der Waals surface area contributed by atoms with Crippen LogP contribution in [0.1, 0.15) is 0 Å². The lowest BCUT2D eigenvalue weighted by Gasteiger charge is -2.22. The van der Waals surface area contributed by atoms with E-state index >= 15 is 0 Å². The number of aliphatic hydroxyl groups excluding tert-OH is 1. The number of para-hydroxylation sites is 1. The molecule has 0 aliphatic heterocycles. The summed E-state index contributed by atoms with van der Waals surface area (Å²) < 4.78 is 5.41. The lowest BCUT2D eigenvalue weighted by molar-refractivity contribution is -0.384. The Bertz CT molecular complexity index is 619. The number of nitro benzene ring substituents is 1. The zero-order chi connectivity index (χ0) is 15.9. The Balaban J connectivity index is 1.86. The number of nitro groups is 1.